The molecule has 2 heterocycles. The van der Waals surface area contributed by atoms with Gasteiger partial charge in [-0.3, -0.25) is 4.90 Å². The fraction of sp³-hybridized carbons (Fsp3) is 0.423. The molecule has 0 spiro atoms. The topological polar surface area (TPSA) is 54.7 Å². The number of aryl methyl sites for hydroxylation is 2. The number of fused-ring (bicyclic) bond motifs is 1. The second kappa shape index (κ2) is 10.1. The number of benzene rings is 2. The third kappa shape index (κ3) is 4.55. The van der Waals surface area contributed by atoms with Gasteiger partial charge in [0.25, 0.3) is 0 Å². The number of phenols is 1. The molecule has 4 rings (SSSR count). The predicted molar refractivity (Wildman–Crippen MR) is 139 cm³/mol. The van der Waals surface area contributed by atoms with Gasteiger partial charge in [0.1, 0.15) is 5.75 Å². The first kappa shape index (κ1) is 24.2. The van der Waals surface area contributed by atoms with Gasteiger partial charge in [0.15, 0.2) is 0 Å². The van der Waals surface area contributed by atoms with E-state index in [4.69, 9.17) is 17.4 Å². The summed E-state index contributed by atoms with van der Waals surface area (Å²) in [6.45, 7) is 9.43. The lowest BCUT2D eigenvalue weighted by atomic mass is 9.99. The summed E-state index contributed by atoms with van der Waals surface area (Å²) < 4.78 is 8.31. The van der Waals surface area contributed by atoms with E-state index < -0.39 is 0 Å². The van der Waals surface area contributed by atoms with Crippen molar-refractivity contribution >= 4 is 45.4 Å². The van der Waals surface area contributed by atoms with Crippen molar-refractivity contribution in [3.05, 3.63) is 62.8 Å². The summed E-state index contributed by atoms with van der Waals surface area (Å²) in [7, 11) is 0. The molecular formula is C26H31BrN2O3S. The van der Waals surface area contributed by atoms with Crippen molar-refractivity contribution in [3.8, 4) is 5.75 Å². The van der Waals surface area contributed by atoms with Crippen LogP contribution >= 0.6 is 28.6 Å². The molecule has 1 aliphatic rings. The Balaban J connectivity index is 2.02. The Morgan fingerprint density at radius 1 is 1.21 bits per heavy atom. The number of halogens is 1. The number of likely N-dealkylation sites (tertiary alicyclic amines) is 1. The summed E-state index contributed by atoms with van der Waals surface area (Å²) in [5.41, 5.74) is 5.16. The third-order valence-corrected chi connectivity index (χ3v) is 7.60. The highest BCUT2D eigenvalue weighted by atomic mass is 79.9. The number of esters is 1. The van der Waals surface area contributed by atoms with E-state index in [2.05, 4.69) is 63.5 Å². The molecule has 3 aromatic rings. The van der Waals surface area contributed by atoms with E-state index in [1.165, 1.54) is 5.56 Å². The Labute approximate surface area is 209 Å². The van der Waals surface area contributed by atoms with Crippen LogP contribution in [0, 0.1) is 6.92 Å². The molecule has 0 amide bonds. The quantitative estimate of drug-likeness (QED) is 0.281. The third-order valence-electron chi connectivity index (χ3n) is 6.45. The van der Waals surface area contributed by atoms with Crippen LogP contribution in [0.25, 0.3) is 10.9 Å². The zero-order valence-electron chi connectivity index (χ0n) is 19.4. The van der Waals surface area contributed by atoms with Crippen LogP contribution < -0.4 is 0 Å². The largest absolute Gasteiger partial charge is 0.506 e. The maximum absolute atomic E-state index is 13.4. The predicted octanol–water partition coefficient (Wildman–Crippen LogP) is 6.23. The lowest BCUT2D eigenvalue weighted by Crippen LogP contribution is -2.19. The first-order valence-corrected chi connectivity index (χ1v) is 12.9. The number of hydrogen-bond acceptors (Lipinski definition) is 5. The minimum absolute atomic E-state index is 0.186. The molecule has 5 nitrogen and oxygen atoms in total. The molecule has 0 bridgehead atoms. The first-order valence-electron chi connectivity index (χ1n) is 11.6. The number of nitrogens with zero attached hydrogens (tertiary/aromatic N) is 2. The van der Waals surface area contributed by atoms with Gasteiger partial charge in [0.2, 0.25) is 0 Å². The second-order valence-corrected chi connectivity index (χ2v) is 9.97. The highest BCUT2D eigenvalue weighted by molar-refractivity contribution is 9.10. The Bertz CT molecular complexity index is 1170. The van der Waals surface area contributed by atoms with E-state index in [9.17, 15) is 9.90 Å². The minimum Gasteiger partial charge on any atom is -0.506 e. The molecule has 0 saturated carbocycles. The van der Waals surface area contributed by atoms with Crippen molar-refractivity contribution in [1.82, 2.24) is 9.47 Å². The molecule has 1 aliphatic heterocycles. The van der Waals surface area contributed by atoms with Crippen LogP contribution in [-0.2, 0) is 17.8 Å². The van der Waals surface area contributed by atoms with Crippen LogP contribution in [0.15, 0.2) is 34.8 Å². The van der Waals surface area contributed by atoms with Gasteiger partial charge in [0, 0.05) is 24.0 Å². The molecular weight excluding hydrogens is 500 g/mol. The van der Waals surface area contributed by atoms with Gasteiger partial charge in [-0.15, -0.1) is 0 Å². The summed E-state index contributed by atoms with van der Waals surface area (Å²) in [4.78, 5) is 15.7. The number of aromatic nitrogens is 1. The molecule has 7 heteroatoms. The summed E-state index contributed by atoms with van der Waals surface area (Å²) in [6, 6.07) is 10.1. The van der Waals surface area contributed by atoms with Gasteiger partial charge in [-0.05, 0) is 74.3 Å². The molecule has 1 N–H and O–H groups in total. The molecule has 0 radical (unpaired) electrons. The van der Waals surface area contributed by atoms with Crippen LogP contribution in [-0.4, -0.2) is 40.2 Å². The van der Waals surface area contributed by atoms with Gasteiger partial charge >= 0.3 is 5.97 Å². The van der Waals surface area contributed by atoms with Crippen LogP contribution in [0.2, 0.25) is 0 Å². The lowest BCUT2D eigenvalue weighted by Gasteiger charge is -2.18. The number of carbonyl (C=O) groups excluding carboxylic acids is 1. The molecule has 1 aromatic heterocycles. The second-order valence-electron chi connectivity index (χ2n) is 8.60. The number of thiol groups is 1. The Hall–Kier alpha value is -1.96. The van der Waals surface area contributed by atoms with Crippen LogP contribution in [0.4, 0.5) is 0 Å². The highest BCUT2D eigenvalue weighted by Crippen LogP contribution is 2.44. The van der Waals surface area contributed by atoms with E-state index in [0.29, 0.717) is 23.1 Å². The van der Waals surface area contributed by atoms with Gasteiger partial charge in [0.05, 0.1) is 33.1 Å². The van der Waals surface area contributed by atoms with E-state index >= 15 is 0 Å². The number of phenolic OH excluding ortho intramolecular Hbond substituents is 1. The standard InChI is InChI=1S/C26H31BrN2O3S/c1-4-29-20-14-19(27)24(30)18(15-28-12-6-7-13-28)21(20)22(26(31)32-5-2)23(29)25(33)17-10-8-16(3)9-11-17/h8-11,14,25,30,33H,4-7,12-13,15H2,1-3H3. The molecule has 2 aromatic carbocycles. The van der Waals surface area contributed by atoms with Crippen molar-refractivity contribution in [2.75, 3.05) is 19.7 Å². The van der Waals surface area contributed by atoms with Crippen LogP contribution in [0.1, 0.15) is 64.7 Å². The zero-order valence-corrected chi connectivity index (χ0v) is 21.9. The number of hydrogen-bond donors (Lipinski definition) is 2. The molecule has 33 heavy (non-hydrogen) atoms. The number of aromatic hydroxyl groups is 1. The summed E-state index contributed by atoms with van der Waals surface area (Å²) in [5.74, 6) is -0.189. The Morgan fingerprint density at radius 3 is 2.48 bits per heavy atom. The highest BCUT2D eigenvalue weighted by Gasteiger charge is 2.32. The fourth-order valence-electron chi connectivity index (χ4n) is 4.82. The molecule has 1 atom stereocenters. The lowest BCUT2D eigenvalue weighted by molar-refractivity contribution is 0.0527. The van der Waals surface area contributed by atoms with Crippen molar-refractivity contribution in [1.29, 1.82) is 0 Å². The first-order chi connectivity index (χ1) is 15.9. The van der Waals surface area contributed by atoms with Crippen molar-refractivity contribution in [2.24, 2.45) is 0 Å². The van der Waals surface area contributed by atoms with Crippen molar-refractivity contribution in [3.63, 3.8) is 0 Å². The van der Waals surface area contributed by atoms with E-state index in [1.807, 2.05) is 13.0 Å². The normalized spacial score (nSPS) is 15.3. The van der Waals surface area contributed by atoms with Crippen molar-refractivity contribution in [2.45, 2.75) is 52.0 Å². The molecule has 1 saturated heterocycles. The maximum Gasteiger partial charge on any atom is 0.340 e. The van der Waals surface area contributed by atoms with Crippen LogP contribution in [0.5, 0.6) is 5.75 Å². The minimum atomic E-state index is -0.375. The van der Waals surface area contributed by atoms with E-state index in [0.717, 1.165) is 53.7 Å². The summed E-state index contributed by atoms with van der Waals surface area (Å²) in [6.07, 6.45) is 2.30. The monoisotopic (exact) mass is 530 g/mol. The Kier molecular flexibility index (Phi) is 7.41. The summed E-state index contributed by atoms with van der Waals surface area (Å²) >= 11 is 8.55. The van der Waals surface area contributed by atoms with Crippen molar-refractivity contribution < 1.29 is 14.6 Å². The number of rotatable bonds is 7. The van der Waals surface area contributed by atoms with Crippen LogP contribution in [0.3, 0.4) is 0 Å². The van der Waals surface area contributed by atoms with Gasteiger partial charge in [-0.1, -0.05) is 29.8 Å². The molecule has 1 unspecified atom stereocenters. The van der Waals surface area contributed by atoms with Gasteiger partial charge in [-0.2, -0.15) is 12.6 Å². The average Bonchev–Trinajstić information content (AvgIpc) is 3.42. The van der Waals surface area contributed by atoms with Gasteiger partial charge < -0.3 is 14.4 Å². The SMILES string of the molecule is CCOC(=O)c1c(C(S)c2ccc(C)cc2)n(CC)c2cc(Br)c(O)c(CN3CCCC3)c12. The zero-order chi connectivity index (χ0) is 23.7. The Morgan fingerprint density at radius 2 is 1.88 bits per heavy atom. The summed E-state index contributed by atoms with van der Waals surface area (Å²) in [5, 5.41) is 11.5. The molecule has 176 valence electrons. The fourth-order valence-corrected chi connectivity index (χ4v) is 5.72. The average molecular weight is 532 g/mol. The molecule has 1 fully saturated rings. The smallest absolute Gasteiger partial charge is 0.340 e. The van der Waals surface area contributed by atoms with E-state index in [-0.39, 0.29) is 23.6 Å². The van der Waals surface area contributed by atoms with E-state index in [1.54, 1.807) is 0 Å². The number of carbonyl (C=O) groups is 1. The number of ether oxygens (including phenoxy) is 1. The molecule has 0 aliphatic carbocycles. The van der Waals surface area contributed by atoms with Gasteiger partial charge in [-0.25, -0.2) is 4.79 Å². The maximum atomic E-state index is 13.4.